The van der Waals surface area contributed by atoms with Crippen molar-refractivity contribution in [1.82, 2.24) is 4.90 Å². The van der Waals surface area contributed by atoms with Gasteiger partial charge in [-0.25, -0.2) is 0 Å². The van der Waals surface area contributed by atoms with Crippen LogP contribution in [0.25, 0.3) is 0 Å². The van der Waals surface area contributed by atoms with Crippen molar-refractivity contribution in [2.24, 2.45) is 0 Å². The third-order valence-electron chi connectivity index (χ3n) is 5.75. The number of aryl methyl sites for hydroxylation is 1. The molecule has 0 aromatic heterocycles. The van der Waals surface area contributed by atoms with Gasteiger partial charge in [0.1, 0.15) is 0 Å². The number of alkyl halides is 3. The van der Waals surface area contributed by atoms with E-state index < -0.39 is 11.6 Å². The van der Waals surface area contributed by atoms with Crippen molar-refractivity contribution >= 4 is 0 Å². The fourth-order valence-corrected chi connectivity index (χ4v) is 3.72. The Morgan fingerprint density at radius 3 is 2.04 bits per heavy atom. The molecule has 4 heteroatoms. The second-order valence-electron chi connectivity index (χ2n) is 7.55. The summed E-state index contributed by atoms with van der Waals surface area (Å²) in [6.07, 6.45) is -0.712. The van der Waals surface area contributed by atoms with Crippen molar-refractivity contribution < 1.29 is 13.2 Å². The maximum atomic E-state index is 13.2. The molecule has 1 nitrogen and oxygen atoms in total. The highest BCUT2D eigenvalue weighted by Crippen LogP contribution is 2.58. The quantitative estimate of drug-likeness (QED) is 0.537. The van der Waals surface area contributed by atoms with E-state index in [4.69, 9.17) is 0 Å². The molecule has 1 aliphatic rings. The fourth-order valence-electron chi connectivity index (χ4n) is 3.72. The minimum atomic E-state index is -4.13. The Morgan fingerprint density at radius 1 is 0.852 bits per heavy atom. The number of benzene rings is 2. The van der Waals surface area contributed by atoms with Crippen LogP contribution in [0.15, 0.2) is 54.6 Å². The first kappa shape index (κ1) is 19.9. The van der Waals surface area contributed by atoms with Gasteiger partial charge in [-0.05, 0) is 61.9 Å². The van der Waals surface area contributed by atoms with E-state index in [0.29, 0.717) is 5.56 Å². The van der Waals surface area contributed by atoms with Crippen LogP contribution in [0.5, 0.6) is 0 Å². The van der Waals surface area contributed by atoms with Gasteiger partial charge in [0.15, 0.2) is 0 Å². The van der Waals surface area contributed by atoms with E-state index in [1.54, 1.807) is 12.1 Å². The zero-order chi connectivity index (χ0) is 19.3. The number of likely N-dealkylation sites (N-methyl/N-ethyl adjacent to an activating group) is 1. The van der Waals surface area contributed by atoms with E-state index in [1.165, 1.54) is 5.56 Å². The minimum absolute atomic E-state index is 0.225. The largest absolute Gasteiger partial charge is 0.398 e. The van der Waals surface area contributed by atoms with Gasteiger partial charge in [0.2, 0.25) is 0 Å². The Hall–Kier alpha value is -1.81. The van der Waals surface area contributed by atoms with Crippen LogP contribution < -0.4 is 0 Å². The van der Waals surface area contributed by atoms with Gasteiger partial charge < -0.3 is 4.90 Å². The highest BCUT2D eigenvalue weighted by Gasteiger charge is 2.64. The topological polar surface area (TPSA) is 3.24 Å². The van der Waals surface area contributed by atoms with E-state index in [9.17, 15) is 13.2 Å². The molecule has 2 aromatic rings. The van der Waals surface area contributed by atoms with E-state index in [-0.39, 0.29) is 12.8 Å². The van der Waals surface area contributed by atoms with Gasteiger partial charge >= 0.3 is 6.18 Å². The molecule has 0 heterocycles. The Labute approximate surface area is 160 Å². The maximum absolute atomic E-state index is 13.2. The molecule has 1 fully saturated rings. The summed E-state index contributed by atoms with van der Waals surface area (Å²) in [6, 6.07) is 17.6. The van der Waals surface area contributed by atoms with Gasteiger partial charge in [-0.3, -0.25) is 0 Å². The van der Waals surface area contributed by atoms with Crippen molar-refractivity contribution in [2.75, 3.05) is 19.6 Å². The predicted octanol–water partition coefficient (Wildman–Crippen LogP) is 5.78. The zero-order valence-corrected chi connectivity index (χ0v) is 15.9. The van der Waals surface area contributed by atoms with Gasteiger partial charge in [0, 0.05) is 6.54 Å². The molecule has 1 saturated carbocycles. The summed E-state index contributed by atoms with van der Waals surface area (Å²) >= 11 is 0. The van der Waals surface area contributed by atoms with Crippen molar-refractivity contribution in [3.05, 3.63) is 71.3 Å². The molecule has 0 unspecified atom stereocenters. The first-order valence-corrected chi connectivity index (χ1v) is 9.87. The first-order chi connectivity index (χ1) is 12.9. The van der Waals surface area contributed by atoms with Gasteiger partial charge in [-0.15, -0.1) is 0 Å². The van der Waals surface area contributed by atoms with Crippen LogP contribution in [0.3, 0.4) is 0 Å². The standard InChI is InChI=1S/C23H28F3N/c1-2-27(18-14-19-7-4-3-5-8-19)17-6-9-20-10-12-21(13-11-20)22(15-16-22)23(24,25)26/h3-5,7-8,10-13H,2,6,9,14-18H2,1H3. The number of halogens is 3. The lowest BCUT2D eigenvalue weighted by atomic mass is 9.94. The third kappa shape index (κ3) is 4.92. The molecule has 3 rings (SSSR count). The minimum Gasteiger partial charge on any atom is -0.303 e. The molecule has 0 bridgehead atoms. The Bertz CT molecular complexity index is 703. The molecule has 0 aliphatic heterocycles. The van der Waals surface area contributed by atoms with Gasteiger partial charge in [-0.1, -0.05) is 61.5 Å². The third-order valence-corrected chi connectivity index (χ3v) is 5.75. The van der Waals surface area contributed by atoms with Gasteiger partial charge in [0.05, 0.1) is 5.41 Å². The summed E-state index contributed by atoms with van der Waals surface area (Å²) in [5.41, 5.74) is 1.33. The first-order valence-electron chi connectivity index (χ1n) is 9.87. The lowest BCUT2D eigenvalue weighted by Crippen LogP contribution is -2.28. The normalized spacial score (nSPS) is 15.9. The van der Waals surface area contributed by atoms with Crippen LogP contribution in [-0.4, -0.2) is 30.7 Å². The van der Waals surface area contributed by atoms with Crippen molar-refractivity contribution in [1.29, 1.82) is 0 Å². The molecule has 0 saturated heterocycles. The molecule has 27 heavy (non-hydrogen) atoms. The molecule has 0 N–H and O–H groups in total. The van der Waals surface area contributed by atoms with Gasteiger partial charge in [-0.2, -0.15) is 13.2 Å². The molecule has 1 aliphatic carbocycles. The van der Waals surface area contributed by atoms with Crippen LogP contribution in [0.4, 0.5) is 13.2 Å². The number of hydrogen-bond acceptors (Lipinski definition) is 1. The number of rotatable bonds is 9. The SMILES string of the molecule is CCN(CCCc1ccc(C2(C(F)(F)F)CC2)cc1)CCc1ccccc1. The smallest absolute Gasteiger partial charge is 0.303 e. The van der Waals surface area contributed by atoms with Crippen LogP contribution in [0.1, 0.15) is 42.9 Å². The van der Waals surface area contributed by atoms with Crippen LogP contribution in [0, 0.1) is 0 Å². The predicted molar refractivity (Wildman–Crippen MR) is 104 cm³/mol. The molecular formula is C23H28F3N. The second-order valence-corrected chi connectivity index (χ2v) is 7.55. The van der Waals surface area contributed by atoms with Crippen molar-refractivity contribution in [3.8, 4) is 0 Å². The van der Waals surface area contributed by atoms with E-state index in [2.05, 4.69) is 36.1 Å². The summed E-state index contributed by atoms with van der Waals surface area (Å²) < 4.78 is 39.6. The highest BCUT2D eigenvalue weighted by atomic mass is 19.4. The molecule has 0 amide bonds. The average molecular weight is 375 g/mol. The summed E-state index contributed by atoms with van der Waals surface area (Å²) in [5, 5.41) is 0. The Kier molecular flexibility index (Phi) is 6.25. The number of nitrogens with zero attached hydrogens (tertiary/aromatic N) is 1. The van der Waals surface area contributed by atoms with Crippen LogP contribution in [0.2, 0.25) is 0 Å². The molecule has 0 radical (unpaired) electrons. The van der Waals surface area contributed by atoms with E-state index in [0.717, 1.165) is 44.5 Å². The molecule has 146 valence electrons. The molecule has 0 atom stereocenters. The Balaban J connectivity index is 1.45. The Morgan fingerprint density at radius 2 is 1.48 bits per heavy atom. The van der Waals surface area contributed by atoms with Gasteiger partial charge in [0.25, 0.3) is 0 Å². The molecular weight excluding hydrogens is 347 g/mol. The summed E-state index contributed by atoms with van der Waals surface area (Å²) in [7, 11) is 0. The highest BCUT2D eigenvalue weighted by molar-refractivity contribution is 5.35. The molecule has 0 spiro atoms. The average Bonchev–Trinajstić information content (AvgIpc) is 3.48. The van der Waals surface area contributed by atoms with Crippen LogP contribution >= 0.6 is 0 Å². The zero-order valence-electron chi connectivity index (χ0n) is 15.9. The summed E-state index contributed by atoms with van der Waals surface area (Å²) in [5.74, 6) is 0. The molecule has 2 aromatic carbocycles. The van der Waals surface area contributed by atoms with E-state index in [1.807, 2.05) is 18.2 Å². The second kappa shape index (κ2) is 8.47. The number of hydrogen-bond donors (Lipinski definition) is 0. The maximum Gasteiger partial charge on any atom is 0.398 e. The monoisotopic (exact) mass is 375 g/mol. The lowest BCUT2D eigenvalue weighted by molar-refractivity contribution is -0.160. The van der Waals surface area contributed by atoms with Crippen molar-refractivity contribution in [2.45, 2.75) is 50.6 Å². The van der Waals surface area contributed by atoms with Crippen LogP contribution in [-0.2, 0) is 18.3 Å². The van der Waals surface area contributed by atoms with E-state index >= 15 is 0 Å². The fraction of sp³-hybridized carbons (Fsp3) is 0.478. The van der Waals surface area contributed by atoms with Crippen molar-refractivity contribution in [3.63, 3.8) is 0 Å². The lowest BCUT2D eigenvalue weighted by Gasteiger charge is -2.21. The summed E-state index contributed by atoms with van der Waals surface area (Å²) in [6.45, 7) is 5.23. The summed E-state index contributed by atoms with van der Waals surface area (Å²) in [4.78, 5) is 2.43.